The first kappa shape index (κ1) is 18.4. The molecule has 2 aromatic carbocycles. The van der Waals surface area contributed by atoms with Crippen molar-refractivity contribution in [3.63, 3.8) is 0 Å². The van der Waals surface area contributed by atoms with E-state index in [0.29, 0.717) is 40.9 Å². The summed E-state index contributed by atoms with van der Waals surface area (Å²) in [5, 5.41) is 0.596. The number of hydrogen-bond acceptors (Lipinski definition) is 5. The van der Waals surface area contributed by atoms with Gasteiger partial charge in [-0.25, -0.2) is 0 Å². The van der Waals surface area contributed by atoms with Gasteiger partial charge in [-0.1, -0.05) is 24.3 Å². The van der Waals surface area contributed by atoms with E-state index in [0.717, 1.165) is 19.4 Å². The third-order valence-electron chi connectivity index (χ3n) is 5.39. The SMILES string of the molecule is COc1ccccc1C(=O)C1CCCN(Cc2coc3ccccc3c2=O)C1. The van der Waals surface area contributed by atoms with E-state index >= 15 is 0 Å². The largest absolute Gasteiger partial charge is 0.496 e. The molecule has 0 spiro atoms. The number of nitrogens with zero attached hydrogens (tertiary/aromatic N) is 1. The van der Waals surface area contributed by atoms with Crippen molar-refractivity contribution in [2.75, 3.05) is 20.2 Å². The number of para-hydroxylation sites is 2. The average Bonchev–Trinajstić information content (AvgIpc) is 2.75. The molecule has 0 aliphatic carbocycles. The summed E-state index contributed by atoms with van der Waals surface area (Å²) >= 11 is 0. The summed E-state index contributed by atoms with van der Waals surface area (Å²) < 4.78 is 11.0. The summed E-state index contributed by atoms with van der Waals surface area (Å²) in [6.07, 6.45) is 3.32. The number of ketones is 1. The standard InChI is InChI=1S/C23H23NO4/c1-27-20-10-4-2-8-18(20)22(25)16-7-6-12-24(13-16)14-17-15-28-21-11-5-3-9-19(21)23(17)26/h2-5,8-11,15-16H,6-7,12-14H2,1H3. The Balaban J connectivity index is 1.52. The molecule has 0 radical (unpaired) electrons. The van der Waals surface area contributed by atoms with Gasteiger partial charge in [-0.2, -0.15) is 0 Å². The molecule has 5 nitrogen and oxygen atoms in total. The molecule has 1 unspecified atom stereocenters. The van der Waals surface area contributed by atoms with Gasteiger partial charge in [0.25, 0.3) is 0 Å². The third-order valence-corrected chi connectivity index (χ3v) is 5.39. The van der Waals surface area contributed by atoms with Crippen molar-refractivity contribution in [2.45, 2.75) is 19.4 Å². The number of Topliss-reactive ketones (excluding diaryl/α,β-unsaturated/α-hetero) is 1. The van der Waals surface area contributed by atoms with Crippen molar-refractivity contribution in [3.8, 4) is 5.75 Å². The molecule has 1 saturated heterocycles. The summed E-state index contributed by atoms with van der Waals surface area (Å²) in [4.78, 5) is 28.0. The van der Waals surface area contributed by atoms with Crippen LogP contribution in [0.2, 0.25) is 0 Å². The van der Waals surface area contributed by atoms with E-state index in [4.69, 9.17) is 9.15 Å². The lowest BCUT2D eigenvalue weighted by atomic mass is 9.89. The fourth-order valence-electron chi connectivity index (χ4n) is 3.95. The molecule has 1 aliphatic rings. The number of piperidine rings is 1. The minimum atomic E-state index is -0.0995. The van der Waals surface area contributed by atoms with Gasteiger partial charge in [0.15, 0.2) is 11.2 Å². The second-order valence-electron chi connectivity index (χ2n) is 7.23. The molecular formula is C23H23NO4. The van der Waals surface area contributed by atoms with Gasteiger partial charge < -0.3 is 9.15 Å². The lowest BCUT2D eigenvalue weighted by molar-refractivity contribution is 0.0808. The number of methoxy groups -OCH3 is 1. The van der Waals surface area contributed by atoms with Crippen LogP contribution in [0.4, 0.5) is 0 Å². The maximum atomic E-state index is 13.0. The van der Waals surface area contributed by atoms with Gasteiger partial charge in [-0.05, 0) is 43.7 Å². The molecule has 0 N–H and O–H groups in total. The number of carbonyl (C=O) groups is 1. The van der Waals surface area contributed by atoms with E-state index in [1.165, 1.54) is 0 Å². The molecule has 0 saturated carbocycles. The average molecular weight is 377 g/mol. The Labute approximate surface area is 163 Å². The van der Waals surface area contributed by atoms with Crippen LogP contribution in [0.1, 0.15) is 28.8 Å². The Morgan fingerprint density at radius 3 is 2.82 bits per heavy atom. The zero-order chi connectivity index (χ0) is 19.5. The number of benzene rings is 2. The predicted octanol–water partition coefficient (Wildman–Crippen LogP) is 3.90. The molecule has 3 aromatic rings. The highest BCUT2D eigenvalue weighted by Crippen LogP contribution is 2.26. The summed E-state index contributed by atoms with van der Waals surface area (Å²) in [5.74, 6) is 0.616. The van der Waals surface area contributed by atoms with Crippen LogP contribution in [0.25, 0.3) is 11.0 Å². The Kier molecular flexibility index (Phi) is 5.26. The lowest BCUT2D eigenvalue weighted by Crippen LogP contribution is -2.39. The Bertz CT molecular complexity index is 1060. The third kappa shape index (κ3) is 3.58. The van der Waals surface area contributed by atoms with Crippen LogP contribution in [-0.2, 0) is 6.54 Å². The van der Waals surface area contributed by atoms with E-state index < -0.39 is 0 Å². The van der Waals surface area contributed by atoms with Crippen molar-refractivity contribution in [1.29, 1.82) is 0 Å². The zero-order valence-corrected chi connectivity index (χ0v) is 15.9. The second kappa shape index (κ2) is 7.98. The van der Waals surface area contributed by atoms with Crippen LogP contribution in [0, 0.1) is 5.92 Å². The van der Waals surface area contributed by atoms with Crippen LogP contribution < -0.4 is 10.2 Å². The molecule has 5 heteroatoms. The number of rotatable bonds is 5. The molecule has 1 aromatic heterocycles. The first-order valence-electron chi connectivity index (χ1n) is 9.56. The van der Waals surface area contributed by atoms with Crippen molar-refractivity contribution in [2.24, 2.45) is 5.92 Å². The van der Waals surface area contributed by atoms with Gasteiger partial charge in [-0.3, -0.25) is 14.5 Å². The monoisotopic (exact) mass is 377 g/mol. The van der Waals surface area contributed by atoms with Crippen LogP contribution in [0.5, 0.6) is 5.75 Å². The molecule has 1 aliphatic heterocycles. The van der Waals surface area contributed by atoms with Crippen LogP contribution in [-0.4, -0.2) is 30.9 Å². The van der Waals surface area contributed by atoms with Crippen molar-refractivity contribution >= 4 is 16.8 Å². The zero-order valence-electron chi connectivity index (χ0n) is 15.9. The topological polar surface area (TPSA) is 59.8 Å². The lowest BCUT2D eigenvalue weighted by Gasteiger charge is -2.32. The number of ether oxygens (including phenoxy) is 1. The summed E-state index contributed by atoms with van der Waals surface area (Å²) in [6.45, 7) is 1.98. The van der Waals surface area contributed by atoms with Gasteiger partial charge >= 0.3 is 0 Å². The summed E-state index contributed by atoms with van der Waals surface area (Å²) in [6, 6.07) is 14.6. The normalized spacial score (nSPS) is 17.5. The Morgan fingerprint density at radius 2 is 1.96 bits per heavy atom. The molecule has 0 amide bonds. The Morgan fingerprint density at radius 1 is 1.18 bits per heavy atom. The molecule has 0 bridgehead atoms. The molecule has 1 atom stereocenters. The van der Waals surface area contributed by atoms with Crippen molar-refractivity contribution < 1.29 is 13.9 Å². The van der Waals surface area contributed by atoms with Gasteiger partial charge in [-0.15, -0.1) is 0 Å². The van der Waals surface area contributed by atoms with Gasteiger partial charge in [0, 0.05) is 24.6 Å². The highest BCUT2D eigenvalue weighted by molar-refractivity contribution is 6.00. The fraction of sp³-hybridized carbons (Fsp3) is 0.304. The van der Waals surface area contributed by atoms with E-state index in [-0.39, 0.29) is 17.1 Å². The number of carbonyl (C=O) groups excluding carboxylic acids is 1. The fourth-order valence-corrected chi connectivity index (χ4v) is 3.95. The maximum Gasteiger partial charge on any atom is 0.197 e. The van der Waals surface area contributed by atoms with E-state index in [2.05, 4.69) is 4.90 Å². The molecule has 2 heterocycles. The van der Waals surface area contributed by atoms with E-state index in [1.807, 2.05) is 36.4 Å². The molecule has 4 rings (SSSR count). The minimum Gasteiger partial charge on any atom is -0.496 e. The highest BCUT2D eigenvalue weighted by atomic mass is 16.5. The molecule has 1 fully saturated rings. The predicted molar refractivity (Wildman–Crippen MR) is 108 cm³/mol. The van der Waals surface area contributed by atoms with Gasteiger partial charge in [0.2, 0.25) is 0 Å². The summed E-state index contributed by atoms with van der Waals surface area (Å²) in [7, 11) is 1.58. The maximum absolute atomic E-state index is 13.0. The number of likely N-dealkylation sites (tertiary alicyclic amines) is 1. The van der Waals surface area contributed by atoms with Crippen LogP contribution in [0.15, 0.2) is 64.0 Å². The first-order chi connectivity index (χ1) is 13.7. The van der Waals surface area contributed by atoms with E-state index in [9.17, 15) is 9.59 Å². The number of fused-ring (bicyclic) bond motifs is 1. The number of hydrogen-bond donors (Lipinski definition) is 0. The van der Waals surface area contributed by atoms with Crippen molar-refractivity contribution in [1.82, 2.24) is 4.90 Å². The minimum absolute atomic E-state index is 0.0000265. The molecule has 28 heavy (non-hydrogen) atoms. The summed E-state index contributed by atoms with van der Waals surface area (Å²) in [5.41, 5.74) is 1.85. The van der Waals surface area contributed by atoms with Gasteiger partial charge in [0.05, 0.1) is 24.3 Å². The van der Waals surface area contributed by atoms with Gasteiger partial charge in [0.1, 0.15) is 11.3 Å². The Hall–Kier alpha value is -2.92. The molecular weight excluding hydrogens is 354 g/mol. The van der Waals surface area contributed by atoms with Crippen LogP contribution >= 0.6 is 0 Å². The van der Waals surface area contributed by atoms with Crippen molar-refractivity contribution in [3.05, 3.63) is 76.1 Å². The second-order valence-corrected chi connectivity index (χ2v) is 7.23. The first-order valence-corrected chi connectivity index (χ1v) is 9.56. The highest BCUT2D eigenvalue weighted by Gasteiger charge is 2.28. The molecule has 144 valence electrons. The quantitative estimate of drug-likeness (QED) is 0.631. The van der Waals surface area contributed by atoms with Crippen LogP contribution in [0.3, 0.4) is 0 Å². The smallest absolute Gasteiger partial charge is 0.197 e. The van der Waals surface area contributed by atoms with E-state index in [1.54, 1.807) is 25.5 Å².